The fourth-order valence-corrected chi connectivity index (χ4v) is 2.77. The number of rotatable bonds is 7. The smallest absolute Gasteiger partial charge is 0.120 e. The molecule has 1 unspecified atom stereocenters. The van der Waals surface area contributed by atoms with E-state index in [0.717, 1.165) is 18.7 Å². The van der Waals surface area contributed by atoms with E-state index in [-0.39, 0.29) is 0 Å². The predicted octanol–water partition coefficient (Wildman–Crippen LogP) is 4.01. The molecule has 0 bridgehead atoms. The number of hydrogen-bond donors (Lipinski definition) is 1. The number of furan rings is 1. The van der Waals surface area contributed by atoms with Gasteiger partial charge in [0.05, 0.1) is 12.3 Å². The Morgan fingerprint density at radius 2 is 2.29 bits per heavy atom. The zero-order valence-electron chi connectivity index (χ0n) is 10.2. The number of aryl methyl sites for hydroxylation is 1. The van der Waals surface area contributed by atoms with Gasteiger partial charge in [-0.25, -0.2) is 0 Å². The van der Waals surface area contributed by atoms with Gasteiger partial charge in [0.25, 0.3) is 0 Å². The third kappa shape index (κ3) is 3.72. The van der Waals surface area contributed by atoms with Gasteiger partial charge in [-0.15, -0.1) is 11.3 Å². The Balaban J connectivity index is 1.82. The van der Waals surface area contributed by atoms with E-state index in [0.29, 0.717) is 6.04 Å². The molecular formula is C14H19NOS. The summed E-state index contributed by atoms with van der Waals surface area (Å²) >= 11 is 1.84. The second-order valence-corrected chi connectivity index (χ2v) is 5.13. The van der Waals surface area contributed by atoms with Crippen LogP contribution in [-0.2, 0) is 6.42 Å². The first kappa shape index (κ1) is 12.4. The summed E-state index contributed by atoms with van der Waals surface area (Å²) in [5.74, 6) is 1.05. The molecule has 0 aliphatic rings. The molecule has 0 radical (unpaired) electrons. The van der Waals surface area contributed by atoms with Crippen LogP contribution in [0.2, 0.25) is 0 Å². The predicted molar refractivity (Wildman–Crippen MR) is 72.4 cm³/mol. The molecule has 0 fully saturated rings. The van der Waals surface area contributed by atoms with E-state index in [1.165, 1.54) is 17.7 Å². The maximum atomic E-state index is 5.48. The van der Waals surface area contributed by atoms with Crippen molar-refractivity contribution in [3.05, 3.63) is 46.5 Å². The van der Waals surface area contributed by atoms with Crippen molar-refractivity contribution in [3.63, 3.8) is 0 Å². The molecule has 0 aromatic carbocycles. The summed E-state index contributed by atoms with van der Waals surface area (Å²) in [6.45, 7) is 3.11. The molecule has 0 saturated heterocycles. The fraction of sp³-hybridized carbons (Fsp3) is 0.429. The Morgan fingerprint density at radius 1 is 1.35 bits per heavy atom. The summed E-state index contributed by atoms with van der Waals surface area (Å²) in [5.41, 5.74) is 0. The van der Waals surface area contributed by atoms with Gasteiger partial charge in [0.1, 0.15) is 5.76 Å². The lowest BCUT2D eigenvalue weighted by Crippen LogP contribution is -2.20. The van der Waals surface area contributed by atoms with Gasteiger partial charge in [0.15, 0.2) is 0 Å². The summed E-state index contributed by atoms with van der Waals surface area (Å²) < 4.78 is 5.48. The number of nitrogens with one attached hydrogen (secondary N) is 1. The molecule has 92 valence electrons. The van der Waals surface area contributed by atoms with Gasteiger partial charge < -0.3 is 9.73 Å². The lowest BCUT2D eigenvalue weighted by molar-refractivity contribution is 0.395. The Bertz CT molecular complexity index is 394. The van der Waals surface area contributed by atoms with Crippen LogP contribution in [0, 0.1) is 0 Å². The Kier molecular flexibility index (Phi) is 4.83. The molecule has 2 rings (SSSR count). The van der Waals surface area contributed by atoms with Gasteiger partial charge in [-0.1, -0.05) is 13.0 Å². The molecule has 2 heterocycles. The molecule has 2 aromatic rings. The molecule has 0 saturated carbocycles. The van der Waals surface area contributed by atoms with Crippen molar-refractivity contribution in [3.8, 4) is 0 Å². The van der Waals surface area contributed by atoms with Crippen molar-refractivity contribution < 1.29 is 4.42 Å². The lowest BCUT2D eigenvalue weighted by atomic mass is 10.1. The minimum absolute atomic E-state index is 0.356. The van der Waals surface area contributed by atoms with E-state index in [9.17, 15) is 0 Å². The highest BCUT2D eigenvalue weighted by atomic mass is 32.1. The van der Waals surface area contributed by atoms with Gasteiger partial charge >= 0.3 is 0 Å². The van der Waals surface area contributed by atoms with Crippen molar-refractivity contribution >= 4 is 11.3 Å². The molecular weight excluding hydrogens is 230 g/mol. The maximum Gasteiger partial charge on any atom is 0.120 e. The van der Waals surface area contributed by atoms with Gasteiger partial charge in [0.2, 0.25) is 0 Å². The SMILES string of the molecule is CCNC(CCCc1cccs1)c1ccco1. The molecule has 0 aliphatic heterocycles. The average molecular weight is 249 g/mol. The summed E-state index contributed by atoms with van der Waals surface area (Å²) in [7, 11) is 0. The van der Waals surface area contributed by atoms with Gasteiger partial charge in [-0.3, -0.25) is 0 Å². The topological polar surface area (TPSA) is 25.2 Å². The highest BCUT2D eigenvalue weighted by Gasteiger charge is 2.12. The van der Waals surface area contributed by atoms with E-state index in [4.69, 9.17) is 4.42 Å². The molecule has 1 atom stereocenters. The number of hydrogen-bond acceptors (Lipinski definition) is 3. The average Bonchev–Trinajstić information content (AvgIpc) is 3.01. The van der Waals surface area contributed by atoms with E-state index >= 15 is 0 Å². The van der Waals surface area contributed by atoms with E-state index in [1.807, 2.05) is 17.4 Å². The van der Waals surface area contributed by atoms with Gasteiger partial charge in [0, 0.05) is 4.88 Å². The van der Waals surface area contributed by atoms with E-state index in [1.54, 1.807) is 6.26 Å². The third-order valence-corrected chi connectivity index (χ3v) is 3.77. The highest BCUT2D eigenvalue weighted by molar-refractivity contribution is 7.09. The maximum absolute atomic E-state index is 5.48. The second-order valence-electron chi connectivity index (χ2n) is 4.10. The van der Waals surface area contributed by atoms with Gasteiger partial charge in [-0.05, 0) is 49.4 Å². The second kappa shape index (κ2) is 6.62. The monoisotopic (exact) mass is 249 g/mol. The highest BCUT2D eigenvalue weighted by Crippen LogP contribution is 2.21. The van der Waals surface area contributed by atoms with Crippen LogP contribution in [0.3, 0.4) is 0 Å². The molecule has 3 heteroatoms. The third-order valence-electron chi connectivity index (χ3n) is 2.83. The molecule has 0 aliphatic carbocycles. The Labute approximate surface area is 107 Å². The van der Waals surface area contributed by atoms with Gasteiger partial charge in [-0.2, -0.15) is 0 Å². The molecule has 17 heavy (non-hydrogen) atoms. The zero-order valence-corrected chi connectivity index (χ0v) is 11.0. The van der Waals surface area contributed by atoms with Crippen LogP contribution in [0.25, 0.3) is 0 Å². The van der Waals surface area contributed by atoms with Crippen molar-refractivity contribution in [1.29, 1.82) is 0 Å². The van der Waals surface area contributed by atoms with Crippen LogP contribution in [-0.4, -0.2) is 6.54 Å². The summed E-state index contributed by atoms with van der Waals surface area (Å²) in [6.07, 6.45) is 5.23. The molecule has 2 aromatic heterocycles. The van der Waals surface area contributed by atoms with E-state index < -0.39 is 0 Å². The molecule has 2 nitrogen and oxygen atoms in total. The van der Waals surface area contributed by atoms with Crippen molar-refractivity contribution in [1.82, 2.24) is 5.32 Å². The first-order chi connectivity index (χ1) is 8.40. The van der Waals surface area contributed by atoms with Crippen LogP contribution in [0.15, 0.2) is 40.3 Å². The van der Waals surface area contributed by atoms with Crippen LogP contribution >= 0.6 is 11.3 Å². The largest absolute Gasteiger partial charge is 0.468 e. The zero-order chi connectivity index (χ0) is 11.9. The molecule has 1 N–H and O–H groups in total. The fourth-order valence-electron chi connectivity index (χ4n) is 2.02. The van der Waals surface area contributed by atoms with Crippen LogP contribution in [0.1, 0.15) is 36.4 Å². The number of thiophene rings is 1. The summed E-state index contributed by atoms with van der Waals surface area (Å²) in [4.78, 5) is 1.47. The molecule has 0 amide bonds. The lowest BCUT2D eigenvalue weighted by Gasteiger charge is -2.14. The minimum atomic E-state index is 0.356. The van der Waals surface area contributed by atoms with Crippen molar-refractivity contribution in [2.75, 3.05) is 6.54 Å². The first-order valence-corrected chi connectivity index (χ1v) is 7.07. The normalized spacial score (nSPS) is 12.8. The van der Waals surface area contributed by atoms with E-state index in [2.05, 4.69) is 35.8 Å². The van der Waals surface area contributed by atoms with Crippen molar-refractivity contribution in [2.45, 2.75) is 32.2 Å². The standard InChI is InChI=1S/C14H19NOS/c1-2-15-13(14-9-4-10-16-14)8-3-6-12-7-5-11-17-12/h4-5,7,9-11,13,15H,2-3,6,8H2,1H3. The Hall–Kier alpha value is -1.06. The van der Waals surface area contributed by atoms with Crippen LogP contribution < -0.4 is 5.32 Å². The van der Waals surface area contributed by atoms with Crippen molar-refractivity contribution in [2.24, 2.45) is 0 Å². The first-order valence-electron chi connectivity index (χ1n) is 6.19. The van der Waals surface area contributed by atoms with Crippen LogP contribution in [0.5, 0.6) is 0 Å². The van der Waals surface area contributed by atoms with Crippen LogP contribution in [0.4, 0.5) is 0 Å². The quantitative estimate of drug-likeness (QED) is 0.802. The molecule has 0 spiro atoms. The summed E-state index contributed by atoms with van der Waals surface area (Å²) in [6, 6.07) is 8.70. The minimum Gasteiger partial charge on any atom is -0.468 e. The summed E-state index contributed by atoms with van der Waals surface area (Å²) in [5, 5.41) is 5.62. The Morgan fingerprint density at radius 3 is 2.94 bits per heavy atom.